The summed E-state index contributed by atoms with van der Waals surface area (Å²) in [4.78, 5) is 17.4. The van der Waals surface area contributed by atoms with Gasteiger partial charge >= 0.3 is 0 Å². The molecule has 0 bridgehead atoms. The number of benzene rings is 1. The highest BCUT2D eigenvalue weighted by Gasteiger charge is 2.19. The molecule has 1 heterocycles. The topological polar surface area (TPSA) is 50.8 Å². The third-order valence-corrected chi connectivity index (χ3v) is 5.50. The molecule has 1 aromatic carbocycles. The minimum Gasteiger partial charge on any atom is -0.497 e. The Labute approximate surface area is 166 Å². The summed E-state index contributed by atoms with van der Waals surface area (Å²) >= 11 is 1.78. The van der Waals surface area contributed by atoms with Gasteiger partial charge in [0, 0.05) is 27.9 Å². The summed E-state index contributed by atoms with van der Waals surface area (Å²) in [5.41, 5.74) is 0.898. The average Bonchev–Trinajstić information content (AvgIpc) is 3.05. The van der Waals surface area contributed by atoms with Crippen molar-refractivity contribution in [1.82, 2.24) is 10.2 Å². The molecular formula is C21H30N2O3S. The molecule has 0 radical (unpaired) electrons. The van der Waals surface area contributed by atoms with Crippen molar-refractivity contribution in [2.45, 2.75) is 46.3 Å². The maximum Gasteiger partial charge on any atom is 0.234 e. The van der Waals surface area contributed by atoms with Crippen LogP contribution in [0.4, 0.5) is 0 Å². The summed E-state index contributed by atoms with van der Waals surface area (Å²) in [7, 11) is 3.25. The van der Waals surface area contributed by atoms with E-state index >= 15 is 0 Å². The van der Waals surface area contributed by atoms with E-state index in [0.717, 1.165) is 23.6 Å². The van der Waals surface area contributed by atoms with Gasteiger partial charge in [-0.05, 0) is 58.0 Å². The molecule has 0 spiro atoms. The van der Waals surface area contributed by atoms with E-state index in [0.29, 0.717) is 6.54 Å². The van der Waals surface area contributed by atoms with Gasteiger partial charge in [-0.3, -0.25) is 9.69 Å². The number of rotatable bonds is 9. The Hall–Kier alpha value is -2.05. The Morgan fingerprint density at radius 3 is 2.44 bits per heavy atom. The summed E-state index contributed by atoms with van der Waals surface area (Å²) in [6.45, 7) is 9.41. The predicted octanol–water partition coefficient (Wildman–Crippen LogP) is 4.16. The fourth-order valence-corrected chi connectivity index (χ4v) is 3.83. The number of thiophene rings is 1. The summed E-state index contributed by atoms with van der Waals surface area (Å²) < 4.78 is 10.7. The fraction of sp³-hybridized carbons (Fsp3) is 0.476. The molecule has 148 valence electrons. The van der Waals surface area contributed by atoms with Crippen molar-refractivity contribution in [1.29, 1.82) is 0 Å². The molecule has 0 aliphatic rings. The first-order valence-electron chi connectivity index (χ1n) is 9.14. The van der Waals surface area contributed by atoms with Crippen molar-refractivity contribution in [2.75, 3.05) is 20.8 Å². The van der Waals surface area contributed by atoms with Gasteiger partial charge in [-0.25, -0.2) is 0 Å². The minimum atomic E-state index is -0.180. The van der Waals surface area contributed by atoms with Crippen LogP contribution in [0.15, 0.2) is 30.3 Å². The number of hydrogen-bond donors (Lipinski definition) is 1. The van der Waals surface area contributed by atoms with Gasteiger partial charge in [0.05, 0.1) is 26.8 Å². The predicted molar refractivity (Wildman–Crippen MR) is 111 cm³/mol. The van der Waals surface area contributed by atoms with Crippen molar-refractivity contribution >= 4 is 17.2 Å². The standard InChI is InChI=1S/C21H30N2O3S/c1-14(2)23(12-18-9-7-15(3)27-18)13-21(24)22-16(4)19-11-17(25-5)8-10-20(19)26-6/h7-11,14,16H,12-13H2,1-6H3,(H,22,24). The van der Waals surface area contributed by atoms with Crippen LogP contribution in [0.2, 0.25) is 0 Å². The molecule has 2 rings (SSSR count). The van der Waals surface area contributed by atoms with Crippen molar-refractivity contribution in [3.05, 3.63) is 45.6 Å². The van der Waals surface area contributed by atoms with Gasteiger partial charge in [0.2, 0.25) is 5.91 Å². The van der Waals surface area contributed by atoms with E-state index in [4.69, 9.17) is 9.47 Å². The van der Waals surface area contributed by atoms with Gasteiger partial charge in [0.15, 0.2) is 0 Å². The quantitative estimate of drug-likeness (QED) is 0.698. The zero-order valence-corrected chi connectivity index (χ0v) is 17.9. The molecule has 0 aliphatic carbocycles. The van der Waals surface area contributed by atoms with Crippen LogP contribution in [0.5, 0.6) is 11.5 Å². The molecule has 2 aromatic rings. The normalized spacial score (nSPS) is 12.3. The highest BCUT2D eigenvalue weighted by atomic mass is 32.1. The molecule has 0 saturated carbocycles. The van der Waals surface area contributed by atoms with E-state index in [-0.39, 0.29) is 18.0 Å². The summed E-state index contributed by atoms with van der Waals surface area (Å²) in [6.07, 6.45) is 0. The van der Waals surface area contributed by atoms with Gasteiger partial charge in [0.25, 0.3) is 0 Å². The van der Waals surface area contributed by atoms with Crippen LogP contribution in [0, 0.1) is 6.92 Å². The van der Waals surface area contributed by atoms with Crippen molar-refractivity contribution in [3.8, 4) is 11.5 Å². The number of hydrogen-bond acceptors (Lipinski definition) is 5. The highest BCUT2D eigenvalue weighted by Crippen LogP contribution is 2.29. The lowest BCUT2D eigenvalue weighted by atomic mass is 10.1. The van der Waals surface area contributed by atoms with Gasteiger partial charge in [-0.15, -0.1) is 11.3 Å². The van der Waals surface area contributed by atoms with E-state index in [1.54, 1.807) is 25.6 Å². The molecule has 0 fully saturated rings. The number of carbonyl (C=O) groups excluding carboxylic acids is 1. The third kappa shape index (κ3) is 5.97. The van der Waals surface area contributed by atoms with Crippen LogP contribution in [0.3, 0.4) is 0 Å². The van der Waals surface area contributed by atoms with E-state index < -0.39 is 0 Å². The van der Waals surface area contributed by atoms with Crippen LogP contribution >= 0.6 is 11.3 Å². The monoisotopic (exact) mass is 390 g/mol. The molecule has 0 aliphatic heterocycles. The smallest absolute Gasteiger partial charge is 0.234 e. The second-order valence-corrected chi connectivity index (χ2v) is 8.28. The number of methoxy groups -OCH3 is 2. The van der Waals surface area contributed by atoms with Crippen LogP contribution in [-0.2, 0) is 11.3 Å². The average molecular weight is 391 g/mol. The molecule has 27 heavy (non-hydrogen) atoms. The number of aryl methyl sites for hydroxylation is 1. The lowest BCUT2D eigenvalue weighted by molar-refractivity contribution is -0.123. The lowest BCUT2D eigenvalue weighted by Gasteiger charge is -2.26. The SMILES string of the molecule is COc1ccc(OC)c(C(C)NC(=O)CN(Cc2ccc(C)s2)C(C)C)c1. The molecule has 6 heteroatoms. The molecule has 1 aromatic heterocycles. The summed E-state index contributed by atoms with van der Waals surface area (Å²) in [6, 6.07) is 9.96. The van der Waals surface area contributed by atoms with Crippen molar-refractivity contribution in [3.63, 3.8) is 0 Å². The van der Waals surface area contributed by atoms with Gasteiger partial charge < -0.3 is 14.8 Å². The van der Waals surface area contributed by atoms with Crippen LogP contribution in [0.25, 0.3) is 0 Å². The van der Waals surface area contributed by atoms with Gasteiger partial charge in [0.1, 0.15) is 11.5 Å². The molecule has 0 saturated heterocycles. The number of nitrogens with zero attached hydrogens (tertiary/aromatic N) is 1. The zero-order chi connectivity index (χ0) is 20.0. The Morgan fingerprint density at radius 1 is 1.15 bits per heavy atom. The van der Waals surface area contributed by atoms with Crippen LogP contribution in [0.1, 0.15) is 42.1 Å². The van der Waals surface area contributed by atoms with E-state index in [1.165, 1.54) is 9.75 Å². The minimum absolute atomic E-state index is 0.00523. The van der Waals surface area contributed by atoms with Gasteiger partial charge in [-0.2, -0.15) is 0 Å². The molecule has 1 amide bonds. The molecule has 1 unspecified atom stereocenters. The number of ether oxygens (including phenoxy) is 2. The largest absolute Gasteiger partial charge is 0.497 e. The molecular weight excluding hydrogens is 360 g/mol. The number of carbonyl (C=O) groups is 1. The number of amides is 1. The fourth-order valence-electron chi connectivity index (χ4n) is 2.92. The van der Waals surface area contributed by atoms with E-state index in [1.807, 2.05) is 25.1 Å². The van der Waals surface area contributed by atoms with Crippen molar-refractivity contribution in [2.24, 2.45) is 0 Å². The Balaban J connectivity index is 2.04. The summed E-state index contributed by atoms with van der Waals surface area (Å²) in [5.74, 6) is 1.47. The zero-order valence-electron chi connectivity index (χ0n) is 17.0. The lowest BCUT2D eigenvalue weighted by Crippen LogP contribution is -2.41. The number of nitrogens with one attached hydrogen (secondary N) is 1. The van der Waals surface area contributed by atoms with E-state index in [2.05, 4.69) is 43.1 Å². The Morgan fingerprint density at radius 2 is 1.89 bits per heavy atom. The van der Waals surface area contributed by atoms with Crippen LogP contribution in [-0.4, -0.2) is 37.6 Å². The second kappa shape index (κ2) is 9.76. The first kappa shape index (κ1) is 21.3. The third-order valence-electron chi connectivity index (χ3n) is 4.51. The Bertz CT molecular complexity index is 758. The van der Waals surface area contributed by atoms with E-state index in [9.17, 15) is 4.79 Å². The second-order valence-electron chi connectivity index (χ2n) is 6.91. The van der Waals surface area contributed by atoms with Gasteiger partial charge in [-0.1, -0.05) is 0 Å². The maximum absolute atomic E-state index is 12.7. The molecule has 1 N–H and O–H groups in total. The summed E-state index contributed by atoms with van der Waals surface area (Å²) in [5, 5.41) is 3.09. The highest BCUT2D eigenvalue weighted by molar-refractivity contribution is 7.11. The Kier molecular flexibility index (Phi) is 7.68. The first-order valence-corrected chi connectivity index (χ1v) is 9.96. The first-order chi connectivity index (χ1) is 12.8. The van der Waals surface area contributed by atoms with Crippen LogP contribution < -0.4 is 14.8 Å². The maximum atomic E-state index is 12.7. The van der Waals surface area contributed by atoms with Crippen molar-refractivity contribution < 1.29 is 14.3 Å². The molecule has 1 atom stereocenters. The molecule has 5 nitrogen and oxygen atoms in total.